The van der Waals surface area contributed by atoms with Crippen LogP contribution in [0.15, 0.2) is 117 Å². The van der Waals surface area contributed by atoms with Gasteiger partial charge in [0.2, 0.25) is 0 Å². The van der Waals surface area contributed by atoms with Crippen LogP contribution in [-0.4, -0.2) is 71.5 Å². The molecule has 0 aromatic heterocycles. The van der Waals surface area contributed by atoms with E-state index >= 15 is 0 Å². The topological polar surface area (TPSA) is 130 Å². The van der Waals surface area contributed by atoms with Gasteiger partial charge in [-0.05, 0) is 74.2 Å². The number of rotatable bonds is 20. The van der Waals surface area contributed by atoms with Crippen molar-refractivity contribution in [3.63, 3.8) is 0 Å². The van der Waals surface area contributed by atoms with Crippen LogP contribution < -0.4 is 0 Å². The molecule has 4 N–H and O–H groups in total. The number of hydrogen-bond donors (Lipinski definition) is 4. The minimum atomic E-state index is 0. The maximum Gasteiger partial charge on any atom is 0.124 e. The molecule has 4 aromatic rings. The molecule has 8 nitrogen and oxygen atoms in total. The molecule has 0 unspecified atom stereocenters. The molecular weight excluding hydrogens is 752 g/mol. The molecular formula is C42H52Cu2N4O4. The summed E-state index contributed by atoms with van der Waals surface area (Å²) in [5.74, 6) is 1.09. The standard InChI is InChI=1S/2C21H26N2O2.2Cu/c2*24-20-12-6-4-10-18(20)16-22-14-8-2-1-3-9-15-23-17-19-11-5-7-13-21(19)25;;/h2*4-7,10-13,16-17,24-25H,1-3,8-9,14-15H2;;. The van der Waals surface area contributed by atoms with Crippen LogP contribution in [0.2, 0.25) is 0 Å². The summed E-state index contributed by atoms with van der Waals surface area (Å²) in [7, 11) is 0. The van der Waals surface area contributed by atoms with Crippen molar-refractivity contribution >= 4 is 24.9 Å². The Morgan fingerprint density at radius 2 is 0.500 bits per heavy atom. The van der Waals surface area contributed by atoms with Crippen molar-refractivity contribution < 1.29 is 54.6 Å². The Labute approximate surface area is 330 Å². The molecule has 52 heavy (non-hydrogen) atoms. The van der Waals surface area contributed by atoms with Crippen LogP contribution in [0, 0.1) is 0 Å². The first-order valence-electron chi connectivity index (χ1n) is 17.7. The fourth-order valence-corrected chi connectivity index (χ4v) is 4.91. The number of hydrogen-bond acceptors (Lipinski definition) is 8. The largest absolute Gasteiger partial charge is 0.507 e. The van der Waals surface area contributed by atoms with E-state index < -0.39 is 0 Å². The van der Waals surface area contributed by atoms with E-state index in [4.69, 9.17) is 0 Å². The minimum Gasteiger partial charge on any atom is -0.507 e. The van der Waals surface area contributed by atoms with Gasteiger partial charge in [-0.3, -0.25) is 20.0 Å². The van der Waals surface area contributed by atoms with E-state index in [-0.39, 0.29) is 57.1 Å². The van der Waals surface area contributed by atoms with Crippen LogP contribution in [-0.2, 0) is 34.1 Å². The summed E-state index contributed by atoms with van der Waals surface area (Å²) < 4.78 is 0. The fraction of sp³-hybridized carbons (Fsp3) is 0.333. The SMILES string of the molecule is Oc1ccccc1C=NCCCCCCCN=Cc1ccccc1O.Oc1ccccc1C=NCCCCCCCN=Cc1ccccc1O.[Cu].[Cu]. The Kier molecular flexibility index (Phi) is 25.9. The van der Waals surface area contributed by atoms with E-state index in [1.807, 2.05) is 48.5 Å². The number of aliphatic imine (C=N–C) groups is 4. The molecule has 0 atom stereocenters. The molecule has 0 saturated heterocycles. The molecule has 286 valence electrons. The first-order valence-corrected chi connectivity index (χ1v) is 17.7. The average molecular weight is 804 g/mol. The fourth-order valence-electron chi connectivity index (χ4n) is 4.91. The molecule has 4 aromatic carbocycles. The van der Waals surface area contributed by atoms with Gasteiger partial charge in [-0.15, -0.1) is 0 Å². The average Bonchev–Trinajstić information content (AvgIpc) is 3.12. The van der Waals surface area contributed by atoms with Crippen molar-refractivity contribution in [2.45, 2.75) is 64.2 Å². The van der Waals surface area contributed by atoms with Crippen molar-refractivity contribution in [3.8, 4) is 23.0 Å². The first kappa shape index (κ1) is 45.8. The first-order chi connectivity index (χ1) is 24.5. The van der Waals surface area contributed by atoms with E-state index in [1.54, 1.807) is 73.4 Å². The van der Waals surface area contributed by atoms with Crippen molar-refractivity contribution in [2.75, 3.05) is 26.2 Å². The van der Waals surface area contributed by atoms with Gasteiger partial charge in [0.05, 0.1) is 0 Å². The van der Waals surface area contributed by atoms with Crippen LogP contribution >= 0.6 is 0 Å². The van der Waals surface area contributed by atoms with Gasteiger partial charge in [-0.1, -0.05) is 87.1 Å². The number of phenolic OH excluding ortho intramolecular Hbond substituents is 4. The van der Waals surface area contributed by atoms with Gasteiger partial charge in [0.15, 0.2) is 0 Å². The van der Waals surface area contributed by atoms with Crippen LogP contribution in [0.5, 0.6) is 23.0 Å². The van der Waals surface area contributed by atoms with Crippen LogP contribution in [0.25, 0.3) is 0 Å². The van der Waals surface area contributed by atoms with Gasteiger partial charge < -0.3 is 20.4 Å². The quantitative estimate of drug-likeness (QED) is 0.0404. The van der Waals surface area contributed by atoms with Gasteiger partial charge in [-0.2, -0.15) is 0 Å². The summed E-state index contributed by atoms with van der Waals surface area (Å²) in [6, 6.07) is 28.9. The maximum atomic E-state index is 9.63. The summed E-state index contributed by atoms with van der Waals surface area (Å²) in [5, 5.41) is 38.5. The molecule has 0 amide bonds. The number of nitrogens with zero attached hydrogens (tertiary/aromatic N) is 4. The molecule has 2 radical (unpaired) electrons. The second-order valence-corrected chi connectivity index (χ2v) is 11.9. The predicted octanol–water partition coefficient (Wildman–Crippen LogP) is 9.17. The predicted molar refractivity (Wildman–Crippen MR) is 208 cm³/mol. The van der Waals surface area contributed by atoms with Crippen molar-refractivity contribution in [1.82, 2.24) is 0 Å². The third kappa shape index (κ3) is 20.0. The monoisotopic (exact) mass is 802 g/mol. The molecule has 0 aliphatic carbocycles. The summed E-state index contributed by atoms with van der Waals surface area (Å²) in [4.78, 5) is 17.4. The zero-order valence-electron chi connectivity index (χ0n) is 29.6. The van der Waals surface area contributed by atoms with Crippen molar-refractivity contribution in [3.05, 3.63) is 119 Å². The number of para-hydroxylation sites is 4. The van der Waals surface area contributed by atoms with Crippen molar-refractivity contribution in [2.24, 2.45) is 20.0 Å². The van der Waals surface area contributed by atoms with E-state index in [0.717, 1.165) is 99.8 Å². The Morgan fingerprint density at radius 3 is 0.712 bits per heavy atom. The van der Waals surface area contributed by atoms with Gasteiger partial charge in [0.25, 0.3) is 0 Å². The van der Waals surface area contributed by atoms with Gasteiger partial charge in [-0.25, -0.2) is 0 Å². The summed E-state index contributed by atoms with van der Waals surface area (Å²) in [5.41, 5.74) is 3.07. The molecule has 0 aliphatic heterocycles. The molecule has 10 heteroatoms. The Morgan fingerprint density at radius 1 is 0.308 bits per heavy atom. The molecule has 0 aliphatic rings. The van der Waals surface area contributed by atoms with E-state index in [9.17, 15) is 20.4 Å². The van der Waals surface area contributed by atoms with Crippen LogP contribution in [0.1, 0.15) is 86.5 Å². The van der Waals surface area contributed by atoms with E-state index in [1.165, 1.54) is 12.8 Å². The Hall–Kier alpha value is -4.20. The van der Waals surface area contributed by atoms with E-state index in [0.29, 0.717) is 0 Å². The summed E-state index contributed by atoms with van der Waals surface area (Å²) in [6.45, 7) is 3.17. The zero-order valence-corrected chi connectivity index (χ0v) is 31.5. The number of benzene rings is 4. The summed E-state index contributed by atoms with van der Waals surface area (Å²) in [6.07, 6.45) is 18.2. The third-order valence-electron chi connectivity index (χ3n) is 7.82. The molecule has 0 spiro atoms. The van der Waals surface area contributed by atoms with Crippen LogP contribution in [0.4, 0.5) is 0 Å². The third-order valence-corrected chi connectivity index (χ3v) is 7.82. The molecule has 0 heterocycles. The Balaban J connectivity index is 0.000000501. The Bertz CT molecular complexity index is 1410. The molecule has 0 fully saturated rings. The number of unbranched alkanes of at least 4 members (excludes halogenated alkanes) is 8. The maximum absolute atomic E-state index is 9.63. The minimum absolute atomic E-state index is 0. The van der Waals surface area contributed by atoms with E-state index in [2.05, 4.69) is 20.0 Å². The molecule has 0 bridgehead atoms. The normalized spacial score (nSPS) is 11.1. The van der Waals surface area contributed by atoms with Gasteiger partial charge in [0, 0.05) is 107 Å². The molecule has 4 rings (SSSR count). The second-order valence-electron chi connectivity index (χ2n) is 11.9. The smallest absolute Gasteiger partial charge is 0.124 e. The van der Waals surface area contributed by atoms with Crippen molar-refractivity contribution in [1.29, 1.82) is 0 Å². The zero-order chi connectivity index (χ0) is 35.5. The van der Waals surface area contributed by atoms with Gasteiger partial charge in [0.1, 0.15) is 23.0 Å². The summed E-state index contributed by atoms with van der Waals surface area (Å²) >= 11 is 0. The van der Waals surface area contributed by atoms with Gasteiger partial charge >= 0.3 is 0 Å². The second kappa shape index (κ2) is 29.4. The number of phenols is 4. The van der Waals surface area contributed by atoms with Crippen LogP contribution in [0.3, 0.4) is 0 Å². The number of aromatic hydroxyl groups is 4. The molecule has 0 saturated carbocycles.